The molecule has 0 saturated heterocycles. The second-order valence-electron chi connectivity index (χ2n) is 3.85. The molecule has 0 amide bonds. The molecule has 0 aliphatic carbocycles. The van der Waals surface area contributed by atoms with E-state index in [1.54, 1.807) is 18.6 Å². The van der Waals surface area contributed by atoms with Gasteiger partial charge < -0.3 is 5.32 Å². The zero-order valence-corrected chi connectivity index (χ0v) is 11.3. The lowest BCUT2D eigenvalue weighted by atomic mass is 10.1. The van der Waals surface area contributed by atoms with Gasteiger partial charge in [0.25, 0.3) is 0 Å². The van der Waals surface area contributed by atoms with Crippen molar-refractivity contribution in [2.75, 3.05) is 6.54 Å². The predicted molar refractivity (Wildman–Crippen MR) is 72.5 cm³/mol. The minimum absolute atomic E-state index is 0.333. The van der Waals surface area contributed by atoms with Crippen LogP contribution in [-0.4, -0.2) is 21.5 Å². The third kappa shape index (κ3) is 3.51. The smallest absolute Gasteiger partial charge is 0.121 e. The Kier molecular flexibility index (Phi) is 4.66. The van der Waals surface area contributed by atoms with Crippen LogP contribution in [-0.2, 0) is 0 Å². The van der Waals surface area contributed by atoms with Gasteiger partial charge in [0.2, 0.25) is 0 Å². The first-order valence-corrected chi connectivity index (χ1v) is 6.74. The van der Waals surface area contributed by atoms with Gasteiger partial charge in [0.05, 0.1) is 6.20 Å². The SMILES string of the molecule is CCNC(C)c1ccnc(Sc2cnccn2)c1. The molecule has 0 spiro atoms. The fourth-order valence-electron chi connectivity index (χ4n) is 1.62. The van der Waals surface area contributed by atoms with E-state index in [1.807, 2.05) is 12.3 Å². The molecule has 2 rings (SSSR count). The van der Waals surface area contributed by atoms with Crippen LogP contribution in [0.2, 0.25) is 0 Å². The van der Waals surface area contributed by atoms with Crippen molar-refractivity contribution in [1.29, 1.82) is 0 Å². The van der Waals surface area contributed by atoms with E-state index >= 15 is 0 Å². The summed E-state index contributed by atoms with van der Waals surface area (Å²) in [4.78, 5) is 12.6. The van der Waals surface area contributed by atoms with Crippen LogP contribution in [0.5, 0.6) is 0 Å². The summed E-state index contributed by atoms with van der Waals surface area (Å²) in [6, 6.07) is 4.46. The molecule has 18 heavy (non-hydrogen) atoms. The molecule has 1 N–H and O–H groups in total. The maximum atomic E-state index is 4.34. The number of nitrogens with one attached hydrogen (secondary N) is 1. The van der Waals surface area contributed by atoms with E-state index in [2.05, 4.69) is 40.2 Å². The standard InChI is InChI=1S/C13H16N4S/c1-3-15-10(2)11-4-5-16-12(8-11)18-13-9-14-6-7-17-13/h4-10,15H,3H2,1-2H3. The van der Waals surface area contributed by atoms with Crippen molar-refractivity contribution in [3.05, 3.63) is 42.5 Å². The Morgan fingerprint density at radius 1 is 1.22 bits per heavy atom. The Bertz CT molecular complexity index is 489. The molecule has 2 aromatic rings. The summed E-state index contributed by atoms with van der Waals surface area (Å²) in [5.74, 6) is 0. The minimum atomic E-state index is 0.333. The Balaban J connectivity index is 2.12. The zero-order chi connectivity index (χ0) is 12.8. The predicted octanol–water partition coefficient (Wildman–Crippen LogP) is 2.69. The highest BCUT2D eigenvalue weighted by molar-refractivity contribution is 7.99. The second kappa shape index (κ2) is 6.47. The highest BCUT2D eigenvalue weighted by Crippen LogP contribution is 2.25. The van der Waals surface area contributed by atoms with Crippen molar-refractivity contribution in [1.82, 2.24) is 20.3 Å². The molecule has 0 saturated carbocycles. The van der Waals surface area contributed by atoms with Gasteiger partial charge in [-0.3, -0.25) is 4.98 Å². The molecule has 1 atom stereocenters. The van der Waals surface area contributed by atoms with Crippen LogP contribution < -0.4 is 5.32 Å². The van der Waals surface area contributed by atoms with Crippen LogP contribution in [0.25, 0.3) is 0 Å². The van der Waals surface area contributed by atoms with E-state index in [1.165, 1.54) is 17.3 Å². The van der Waals surface area contributed by atoms with Crippen LogP contribution in [0.1, 0.15) is 25.5 Å². The van der Waals surface area contributed by atoms with E-state index in [-0.39, 0.29) is 0 Å². The second-order valence-corrected chi connectivity index (χ2v) is 4.89. The van der Waals surface area contributed by atoms with Gasteiger partial charge >= 0.3 is 0 Å². The zero-order valence-electron chi connectivity index (χ0n) is 10.5. The molecular weight excluding hydrogens is 244 g/mol. The number of rotatable bonds is 5. The number of pyridine rings is 1. The van der Waals surface area contributed by atoms with Crippen LogP contribution in [0.3, 0.4) is 0 Å². The first-order valence-electron chi connectivity index (χ1n) is 5.92. The van der Waals surface area contributed by atoms with Gasteiger partial charge in [-0.15, -0.1) is 0 Å². The molecule has 5 heteroatoms. The van der Waals surface area contributed by atoms with Gasteiger partial charge in [0.1, 0.15) is 10.1 Å². The summed E-state index contributed by atoms with van der Waals surface area (Å²) in [6.45, 7) is 5.21. The first-order chi connectivity index (χ1) is 8.79. The van der Waals surface area contributed by atoms with Gasteiger partial charge in [-0.2, -0.15) is 0 Å². The van der Waals surface area contributed by atoms with Crippen molar-refractivity contribution < 1.29 is 0 Å². The lowest BCUT2D eigenvalue weighted by Gasteiger charge is -2.13. The average Bonchev–Trinajstić information content (AvgIpc) is 2.40. The number of aromatic nitrogens is 3. The van der Waals surface area contributed by atoms with Crippen molar-refractivity contribution in [2.45, 2.75) is 29.9 Å². The van der Waals surface area contributed by atoms with E-state index in [9.17, 15) is 0 Å². The maximum Gasteiger partial charge on any atom is 0.121 e. The molecular formula is C13H16N4S. The topological polar surface area (TPSA) is 50.7 Å². The normalized spacial score (nSPS) is 12.3. The molecule has 0 aliphatic heterocycles. The Morgan fingerprint density at radius 2 is 2.06 bits per heavy atom. The highest BCUT2D eigenvalue weighted by atomic mass is 32.2. The molecule has 0 aromatic carbocycles. The summed E-state index contributed by atoms with van der Waals surface area (Å²) in [5, 5.41) is 5.19. The molecule has 0 fully saturated rings. The molecule has 0 bridgehead atoms. The Hall–Kier alpha value is -1.46. The van der Waals surface area contributed by atoms with E-state index < -0.39 is 0 Å². The van der Waals surface area contributed by atoms with Gasteiger partial charge in [-0.25, -0.2) is 9.97 Å². The van der Waals surface area contributed by atoms with E-state index in [4.69, 9.17) is 0 Å². The van der Waals surface area contributed by atoms with Gasteiger partial charge in [-0.1, -0.05) is 6.92 Å². The summed E-state index contributed by atoms with van der Waals surface area (Å²) in [6.07, 6.45) is 6.93. The van der Waals surface area contributed by atoms with Crippen LogP contribution in [0.15, 0.2) is 47.0 Å². The monoisotopic (exact) mass is 260 g/mol. The lowest BCUT2D eigenvalue weighted by Crippen LogP contribution is -2.17. The number of nitrogens with zero attached hydrogens (tertiary/aromatic N) is 3. The van der Waals surface area contributed by atoms with Crippen LogP contribution in [0, 0.1) is 0 Å². The molecule has 94 valence electrons. The molecule has 0 aliphatic rings. The third-order valence-electron chi connectivity index (χ3n) is 2.52. The van der Waals surface area contributed by atoms with Gasteiger partial charge in [-0.05, 0) is 42.9 Å². The molecule has 4 nitrogen and oxygen atoms in total. The largest absolute Gasteiger partial charge is 0.310 e. The first kappa shape index (κ1) is 13.0. The summed E-state index contributed by atoms with van der Waals surface area (Å²) in [7, 11) is 0. The van der Waals surface area contributed by atoms with Crippen LogP contribution >= 0.6 is 11.8 Å². The molecule has 0 radical (unpaired) electrons. The summed E-state index contributed by atoms with van der Waals surface area (Å²) >= 11 is 1.52. The maximum absolute atomic E-state index is 4.34. The number of hydrogen-bond donors (Lipinski definition) is 1. The lowest BCUT2D eigenvalue weighted by molar-refractivity contribution is 0.596. The van der Waals surface area contributed by atoms with Gasteiger partial charge in [0, 0.05) is 24.6 Å². The number of hydrogen-bond acceptors (Lipinski definition) is 5. The van der Waals surface area contributed by atoms with Crippen molar-refractivity contribution in [3.8, 4) is 0 Å². The van der Waals surface area contributed by atoms with Crippen molar-refractivity contribution >= 4 is 11.8 Å². The van der Waals surface area contributed by atoms with Crippen LogP contribution in [0.4, 0.5) is 0 Å². The Labute approximate surface area is 111 Å². The van der Waals surface area contributed by atoms with Gasteiger partial charge in [0.15, 0.2) is 0 Å². The molecule has 1 unspecified atom stereocenters. The van der Waals surface area contributed by atoms with E-state index in [0.29, 0.717) is 6.04 Å². The third-order valence-corrected chi connectivity index (χ3v) is 3.37. The quantitative estimate of drug-likeness (QED) is 0.895. The molecule has 2 aromatic heterocycles. The minimum Gasteiger partial charge on any atom is -0.310 e. The van der Waals surface area contributed by atoms with Crippen molar-refractivity contribution in [2.24, 2.45) is 0 Å². The molecule has 2 heterocycles. The fraction of sp³-hybridized carbons (Fsp3) is 0.308. The highest BCUT2D eigenvalue weighted by Gasteiger charge is 2.06. The summed E-state index contributed by atoms with van der Waals surface area (Å²) in [5.41, 5.74) is 1.23. The summed E-state index contributed by atoms with van der Waals surface area (Å²) < 4.78 is 0. The fourth-order valence-corrected chi connectivity index (χ4v) is 2.37. The van der Waals surface area contributed by atoms with Crippen molar-refractivity contribution in [3.63, 3.8) is 0 Å². The van der Waals surface area contributed by atoms with E-state index in [0.717, 1.165) is 16.6 Å². The average molecular weight is 260 g/mol. The Morgan fingerprint density at radius 3 is 2.78 bits per heavy atom.